The highest BCUT2D eigenvalue weighted by atomic mass is 79.9. The molecule has 8 heteroatoms. The molecular formula is C14H14BrN3O3S. The molecule has 22 heavy (non-hydrogen) atoms. The Morgan fingerprint density at radius 3 is 2.86 bits per heavy atom. The zero-order valence-electron chi connectivity index (χ0n) is 12.1. The first-order chi connectivity index (χ1) is 10.5. The van der Waals surface area contributed by atoms with Crippen LogP contribution in [0.5, 0.6) is 0 Å². The van der Waals surface area contributed by atoms with E-state index in [4.69, 9.17) is 4.74 Å². The molecule has 0 atom stereocenters. The maximum atomic E-state index is 11.9. The highest BCUT2D eigenvalue weighted by molar-refractivity contribution is 9.10. The molecule has 0 radical (unpaired) electrons. The smallest absolute Gasteiger partial charge is 0.352 e. The minimum atomic E-state index is -0.579. The number of carbonyl (C=O) groups excluding carboxylic acids is 2. The molecular weight excluding hydrogens is 370 g/mol. The zero-order valence-corrected chi connectivity index (χ0v) is 14.5. The highest BCUT2D eigenvalue weighted by Crippen LogP contribution is 2.23. The molecule has 0 fully saturated rings. The van der Waals surface area contributed by atoms with Gasteiger partial charge in [-0.25, -0.2) is 4.79 Å². The molecule has 1 aromatic carbocycles. The number of carbonyl (C=O) groups is 2. The van der Waals surface area contributed by atoms with E-state index in [0.717, 1.165) is 21.6 Å². The molecule has 0 bridgehead atoms. The summed E-state index contributed by atoms with van der Waals surface area (Å²) in [6.07, 6.45) is 0.587. The second kappa shape index (κ2) is 7.46. The third kappa shape index (κ3) is 4.11. The molecule has 0 unspecified atom stereocenters. The summed E-state index contributed by atoms with van der Waals surface area (Å²) in [5, 5.41) is 6.51. The second-order valence-electron chi connectivity index (χ2n) is 4.51. The average molecular weight is 384 g/mol. The average Bonchev–Trinajstić information content (AvgIpc) is 2.96. The number of hydrogen-bond donors (Lipinski definition) is 1. The fraction of sp³-hybridized carbons (Fsp3) is 0.286. The number of ether oxygens (including phenoxy) is 1. The topological polar surface area (TPSA) is 81.2 Å². The Bertz CT molecular complexity index is 702. The first kappa shape index (κ1) is 16.6. The molecule has 1 heterocycles. The molecule has 1 N–H and O–H groups in total. The third-order valence-corrected chi connectivity index (χ3v) is 4.21. The van der Waals surface area contributed by atoms with Crippen LogP contribution in [0.2, 0.25) is 0 Å². The van der Waals surface area contributed by atoms with Gasteiger partial charge in [0.15, 0.2) is 11.5 Å². The van der Waals surface area contributed by atoms with Gasteiger partial charge in [-0.2, -0.15) is 0 Å². The van der Waals surface area contributed by atoms with Crippen LogP contribution in [0.4, 0.5) is 5.69 Å². The number of hydrogen-bond acceptors (Lipinski definition) is 6. The van der Waals surface area contributed by atoms with Crippen molar-refractivity contribution in [1.82, 2.24) is 9.59 Å². The fourth-order valence-electron chi connectivity index (χ4n) is 1.70. The number of halogens is 1. The number of nitrogens with one attached hydrogen (secondary N) is 1. The predicted molar refractivity (Wildman–Crippen MR) is 87.1 cm³/mol. The molecule has 1 amide bonds. The van der Waals surface area contributed by atoms with Gasteiger partial charge in [-0.1, -0.05) is 17.5 Å². The molecule has 0 saturated heterocycles. The summed E-state index contributed by atoms with van der Waals surface area (Å²) in [5.41, 5.74) is 2.28. The molecule has 2 rings (SSSR count). The summed E-state index contributed by atoms with van der Waals surface area (Å²) in [6, 6.07) is 5.54. The van der Waals surface area contributed by atoms with Crippen molar-refractivity contribution < 1.29 is 14.3 Å². The maximum Gasteiger partial charge on any atom is 0.352 e. The Hall–Kier alpha value is -1.80. The van der Waals surface area contributed by atoms with Crippen molar-refractivity contribution in [1.29, 1.82) is 0 Å². The van der Waals surface area contributed by atoms with Crippen LogP contribution >= 0.6 is 27.5 Å². The Balaban J connectivity index is 1.91. The van der Waals surface area contributed by atoms with Gasteiger partial charge in [0.05, 0.1) is 11.4 Å². The SMILES string of the molecule is CCc1nnsc1C(=O)OCC(=O)Nc1ccc(C)cc1Br. The maximum absolute atomic E-state index is 11.9. The van der Waals surface area contributed by atoms with Crippen LogP contribution in [0.1, 0.15) is 27.9 Å². The van der Waals surface area contributed by atoms with Gasteiger partial charge < -0.3 is 10.1 Å². The molecule has 1 aromatic heterocycles. The zero-order chi connectivity index (χ0) is 16.1. The molecule has 2 aromatic rings. The van der Waals surface area contributed by atoms with E-state index in [1.165, 1.54) is 0 Å². The highest BCUT2D eigenvalue weighted by Gasteiger charge is 2.18. The largest absolute Gasteiger partial charge is 0.451 e. The predicted octanol–water partition coefficient (Wildman–Crippen LogP) is 2.97. The lowest BCUT2D eigenvalue weighted by molar-refractivity contribution is -0.119. The van der Waals surface area contributed by atoms with Crippen molar-refractivity contribution in [3.05, 3.63) is 38.8 Å². The molecule has 0 aliphatic rings. The quantitative estimate of drug-likeness (QED) is 0.802. The monoisotopic (exact) mass is 383 g/mol. The minimum Gasteiger partial charge on any atom is -0.451 e. The normalized spacial score (nSPS) is 10.3. The Morgan fingerprint density at radius 2 is 2.18 bits per heavy atom. The van der Waals surface area contributed by atoms with Crippen LogP contribution in [0.3, 0.4) is 0 Å². The van der Waals surface area contributed by atoms with Crippen LogP contribution in [0, 0.1) is 6.92 Å². The van der Waals surface area contributed by atoms with Gasteiger partial charge in [-0.05, 0) is 58.5 Å². The van der Waals surface area contributed by atoms with Crippen LogP contribution in [-0.4, -0.2) is 28.1 Å². The van der Waals surface area contributed by atoms with Crippen LogP contribution < -0.4 is 5.32 Å². The summed E-state index contributed by atoms with van der Waals surface area (Å²) < 4.78 is 9.47. The van der Waals surface area contributed by atoms with E-state index in [1.807, 2.05) is 26.0 Å². The van der Waals surface area contributed by atoms with Crippen molar-refractivity contribution in [3.63, 3.8) is 0 Å². The van der Waals surface area contributed by atoms with E-state index in [1.54, 1.807) is 6.07 Å². The van der Waals surface area contributed by atoms with Crippen LogP contribution in [0.25, 0.3) is 0 Å². The van der Waals surface area contributed by atoms with Gasteiger partial charge in [0.2, 0.25) is 0 Å². The Morgan fingerprint density at radius 1 is 1.41 bits per heavy atom. The van der Waals surface area contributed by atoms with Crippen LogP contribution in [0.15, 0.2) is 22.7 Å². The van der Waals surface area contributed by atoms with E-state index in [0.29, 0.717) is 22.7 Å². The summed E-state index contributed by atoms with van der Waals surface area (Å²) in [5.74, 6) is -0.988. The lowest BCUT2D eigenvalue weighted by atomic mass is 10.2. The van der Waals surface area contributed by atoms with E-state index >= 15 is 0 Å². The number of aryl methyl sites for hydroxylation is 2. The van der Waals surface area contributed by atoms with E-state index in [9.17, 15) is 9.59 Å². The number of esters is 1. The second-order valence-corrected chi connectivity index (χ2v) is 6.12. The minimum absolute atomic E-state index is 0.340. The third-order valence-electron chi connectivity index (χ3n) is 2.81. The van der Waals surface area contributed by atoms with Crippen molar-refractivity contribution in [3.8, 4) is 0 Å². The molecule has 0 saturated carbocycles. The summed E-state index contributed by atoms with van der Waals surface area (Å²) >= 11 is 4.34. The first-order valence-corrected chi connectivity index (χ1v) is 8.12. The molecule has 6 nitrogen and oxygen atoms in total. The fourth-order valence-corrected chi connectivity index (χ4v) is 2.94. The summed E-state index contributed by atoms with van der Waals surface area (Å²) in [7, 11) is 0. The van der Waals surface area contributed by atoms with Crippen molar-refractivity contribution in [2.75, 3.05) is 11.9 Å². The number of nitrogens with zero attached hydrogens (tertiary/aromatic N) is 2. The summed E-state index contributed by atoms with van der Waals surface area (Å²) in [6.45, 7) is 3.46. The number of aromatic nitrogens is 2. The Kier molecular flexibility index (Phi) is 5.62. The molecule has 0 aliphatic heterocycles. The molecule has 116 valence electrons. The number of anilines is 1. The van der Waals surface area contributed by atoms with E-state index in [2.05, 4.69) is 30.8 Å². The van der Waals surface area contributed by atoms with Gasteiger partial charge in [-0.3, -0.25) is 4.79 Å². The van der Waals surface area contributed by atoms with Crippen molar-refractivity contribution in [2.45, 2.75) is 20.3 Å². The lowest BCUT2D eigenvalue weighted by Gasteiger charge is -2.08. The standard InChI is InChI=1S/C14H14BrN3O3S/c1-3-10-13(22-18-17-10)14(20)21-7-12(19)16-11-5-4-8(2)6-9(11)15/h4-6H,3,7H2,1-2H3,(H,16,19). The lowest BCUT2D eigenvalue weighted by Crippen LogP contribution is -2.21. The molecule has 0 aliphatic carbocycles. The van der Waals surface area contributed by atoms with Gasteiger partial charge in [0, 0.05) is 4.47 Å². The first-order valence-electron chi connectivity index (χ1n) is 6.55. The van der Waals surface area contributed by atoms with E-state index < -0.39 is 11.9 Å². The Labute approximate surface area is 140 Å². The molecule has 0 spiro atoms. The summed E-state index contributed by atoms with van der Waals surface area (Å²) in [4.78, 5) is 24.1. The van der Waals surface area contributed by atoms with Crippen LogP contribution in [-0.2, 0) is 16.0 Å². The van der Waals surface area contributed by atoms with Gasteiger partial charge >= 0.3 is 5.97 Å². The number of rotatable bonds is 5. The number of amides is 1. The van der Waals surface area contributed by atoms with Gasteiger partial charge in [-0.15, -0.1) is 5.10 Å². The van der Waals surface area contributed by atoms with E-state index in [-0.39, 0.29) is 6.61 Å². The van der Waals surface area contributed by atoms with Crippen molar-refractivity contribution >= 4 is 45.0 Å². The number of benzene rings is 1. The van der Waals surface area contributed by atoms with Crippen molar-refractivity contribution in [2.24, 2.45) is 0 Å². The van der Waals surface area contributed by atoms with Gasteiger partial charge in [0.25, 0.3) is 5.91 Å². The van der Waals surface area contributed by atoms with Gasteiger partial charge in [0.1, 0.15) is 0 Å².